The number of carbonyl (C=O) groups excluding carboxylic acids is 2. The fraction of sp³-hybridized carbons (Fsp3) is 0.182. The van der Waals surface area contributed by atoms with Crippen LogP contribution in [0, 0.1) is 0 Å². The highest BCUT2D eigenvalue weighted by Crippen LogP contribution is 2.32. The van der Waals surface area contributed by atoms with Gasteiger partial charge in [0.2, 0.25) is 5.91 Å². The van der Waals surface area contributed by atoms with Crippen molar-refractivity contribution in [2.75, 3.05) is 25.3 Å². The van der Waals surface area contributed by atoms with Crippen molar-refractivity contribution in [3.63, 3.8) is 0 Å². The third-order valence-corrected chi connectivity index (χ3v) is 5.15. The molecule has 0 aliphatic heterocycles. The maximum atomic E-state index is 12.2. The Morgan fingerprint density at radius 1 is 1.00 bits per heavy atom. The number of benzene rings is 2. The van der Waals surface area contributed by atoms with Crippen LogP contribution in [0.3, 0.4) is 0 Å². The van der Waals surface area contributed by atoms with Crippen molar-refractivity contribution < 1.29 is 19.1 Å². The second-order valence-corrected chi connectivity index (χ2v) is 7.29. The van der Waals surface area contributed by atoms with Gasteiger partial charge in [-0.1, -0.05) is 23.9 Å². The molecule has 7 nitrogen and oxygen atoms in total. The highest BCUT2D eigenvalue weighted by Gasteiger charge is 2.11. The molecule has 3 rings (SSSR count). The summed E-state index contributed by atoms with van der Waals surface area (Å²) in [6.07, 6.45) is 0. The lowest BCUT2D eigenvalue weighted by atomic mass is 10.1. The summed E-state index contributed by atoms with van der Waals surface area (Å²) >= 11 is 1.27. The number of hydrogen-bond acceptors (Lipinski definition) is 7. The molecule has 1 heterocycles. The van der Waals surface area contributed by atoms with Crippen LogP contribution >= 0.6 is 11.8 Å². The molecule has 0 saturated carbocycles. The maximum absolute atomic E-state index is 12.2. The smallest absolute Gasteiger partial charge is 0.234 e. The summed E-state index contributed by atoms with van der Waals surface area (Å²) in [4.78, 5) is 23.7. The third-order valence-electron chi connectivity index (χ3n) is 4.23. The zero-order valence-electron chi connectivity index (χ0n) is 16.8. The van der Waals surface area contributed by atoms with Gasteiger partial charge in [0.25, 0.3) is 0 Å². The minimum atomic E-state index is -0.191. The summed E-state index contributed by atoms with van der Waals surface area (Å²) in [5, 5.41) is 11.8. The molecule has 0 saturated heterocycles. The lowest BCUT2D eigenvalue weighted by Crippen LogP contribution is -2.14. The van der Waals surface area contributed by atoms with Gasteiger partial charge in [0.05, 0.1) is 25.7 Å². The largest absolute Gasteiger partial charge is 0.497 e. The standard InChI is InChI=1S/C22H21N3O4S/c1-14(26)15-5-4-6-16(11-15)23-21(27)13-30-22-10-9-19(24-25-22)18-8-7-17(28-2)12-20(18)29-3/h4-12H,13H2,1-3H3,(H,23,27). The van der Waals surface area contributed by atoms with Crippen LogP contribution in [0.15, 0.2) is 59.6 Å². The number of nitrogens with zero attached hydrogens (tertiary/aromatic N) is 2. The van der Waals surface area contributed by atoms with Gasteiger partial charge in [-0.3, -0.25) is 9.59 Å². The Morgan fingerprint density at radius 3 is 2.50 bits per heavy atom. The minimum Gasteiger partial charge on any atom is -0.497 e. The van der Waals surface area contributed by atoms with Gasteiger partial charge in [-0.15, -0.1) is 10.2 Å². The van der Waals surface area contributed by atoms with E-state index in [1.807, 2.05) is 18.2 Å². The molecule has 0 fully saturated rings. The first-order valence-corrected chi connectivity index (χ1v) is 10.1. The number of anilines is 1. The summed E-state index contributed by atoms with van der Waals surface area (Å²) in [7, 11) is 3.18. The van der Waals surface area contributed by atoms with Gasteiger partial charge in [0, 0.05) is 22.9 Å². The molecule has 0 unspecified atom stereocenters. The third kappa shape index (κ3) is 5.36. The number of ketones is 1. The Balaban J connectivity index is 1.62. The Hall–Kier alpha value is -3.39. The number of carbonyl (C=O) groups is 2. The molecule has 0 aliphatic rings. The van der Waals surface area contributed by atoms with Gasteiger partial charge in [-0.2, -0.15) is 0 Å². The molecule has 154 valence electrons. The van der Waals surface area contributed by atoms with Gasteiger partial charge in [0.1, 0.15) is 16.5 Å². The Kier molecular flexibility index (Phi) is 7.03. The fourth-order valence-corrected chi connectivity index (χ4v) is 3.32. The van der Waals surface area contributed by atoms with E-state index in [1.165, 1.54) is 18.7 Å². The predicted molar refractivity (Wildman–Crippen MR) is 116 cm³/mol. The van der Waals surface area contributed by atoms with Crippen LogP contribution in [-0.4, -0.2) is 41.9 Å². The first-order chi connectivity index (χ1) is 14.5. The van der Waals surface area contributed by atoms with Crippen molar-refractivity contribution >= 4 is 29.1 Å². The van der Waals surface area contributed by atoms with Gasteiger partial charge >= 0.3 is 0 Å². The van der Waals surface area contributed by atoms with E-state index < -0.39 is 0 Å². The molecule has 0 aliphatic carbocycles. The van der Waals surface area contributed by atoms with Crippen LogP contribution in [0.5, 0.6) is 11.5 Å². The number of ether oxygens (including phenoxy) is 2. The van der Waals surface area contributed by atoms with Crippen molar-refractivity contribution in [2.45, 2.75) is 11.9 Å². The van der Waals surface area contributed by atoms with E-state index in [9.17, 15) is 9.59 Å². The number of Topliss-reactive ketones (excluding diaryl/α,β-unsaturated/α-hetero) is 1. The van der Waals surface area contributed by atoms with Crippen LogP contribution in [0.1, 0.15) is 17.3 Å². The average molecular weight is 423 g/mol. The summed E-state index contributed by atoms with van der Waals surface area (Å²) in [6.45, 7) is 1.49. The molecule has 0 atom stereocenters. The highest BCUT2D eigenvalue weighted by atomic mass is 32.2. The summed E-state index contributed by atoms with van der Waals surface area (Å²) in [6, 6.07) is 15.9. The predicted octanol–water partition coefficient (Wildman–Crippen LogP) is 4.09. The lowest BCUT2D eigenvalue weighted by molar-refractivity contribution is -0.113. The van der Waals surface area contributed by atoms with E-state index in [4.69, 9.17) is 9.47 Å². The maximum Gasteiger partial charge on any atom is 0.234 e. The number of aromatic nitrogens is 2. The second-order valence-electron chi connectivity index (χ2n) is 6.30. The Labute approximate surface area is 178 Å². The van der Waals surface area contributed by atoms with Crippen LogP contribution < -0.4 is 14.8 Å². The van der Waals surface area contributed by atoms with Crippen LogP contribution in [-0.2, 0) is 4.79 Å². The number of amides is 1. The number of hydrogen-bond donors (Lipinski definition) is 1. The van der Waals surface area contributed by atoms with E-state index >= 15 is 0 Å². The number of methoxy groups -OCH3 is 2. The van der Waals surface area contributed by atoms with Crippen LogP contribution in [0.25, 0.3) is 11.3 Å². The highest BCUT2D eigenvalue weighted by molar-refractivity contribution is 7.99. The molecule has 3 aromatic rings. The summed E-state index contributed by atoms with van der Waals surface area (Å²) in [5.41, 5.74) is 2.59. The van der Waals surface area contributed by atoms with Crippen molar-refractivity contribution in [3.05, 3.63) is 60.2 Å². The average Bonchev–Trinajstić information content (AvgIpc) is 2.77. The Morgan fingerprint density at radius 2 is 1.83 bits per heavy atom. The molecular weight excluding hydrogens is 402 g/mol. The van der Waals surface area contributed by atoms with E-state index in [0.717, 1.165) is 5.56 Å². The topological polar surface area (TPSA) is 90.4 Å². The molecule has 1 amide bonds. The zero-order valence-corrected chi connectivity index (χ0v) is 17.7. The fourth-order valence-electron chi connectivity index (χ4n) is 2.70. The van der Waals surface area contributed by atoms with Gasteiger partial charge < -0.3 is 14.8 Å². The molecule has 8 heteroatoms. The van der Waals surface area contributed by atoms with E-state index in [0.29, 0.717) is 33.5 Å². The monoisotopic (exact) mass is 423 g/mol. The van der Waals surface area contributed by atoms with Crippen molar-refractivity contribution in [1.82, 2.24) is 10.2 Å². The number of nitrogens with one attached hydrogen (secondary N) is 1. The lowest BCUT2D eigenvalue weighted by Gasteiger charge is -2.10. The molecule has 30 heavy (non-hydrogen) atoms. The molecule has 1 N–H and O–H groups in total. The minimum absolute atomic E-state index is 0.0515. The number of thioether (sulfide) groups is 1. The first kappa shape index (κ1) is 21.3. The van der Waals surface area contributed by atoms with Gasteiger partial charge in [-0.25, -0.2) is 0 Å². The van der Waals surface area contributed by atoms with E-state index in [-0.39, 0.29) is 17.4 Å². The van der Waals surface area contributed by atoms with E-state index in [2.05, 4.69) is 15.5 Å². The molecular formula is C22H21N3O4S. The van der Waals surface area contributed by atoms with E-state index in [1.54, 1.807) is 50.6 Å². The summed E-state index contributed by atoms with van der Waals surface area (Å²) < 4.78 is 10.6. The summed E-state index contributed by atoms with van der Waals surface area (Å²) in [5.74, 6) is 1.25. The van der Waals surface area contributed by atoms with Gasteiger partial charge in [0.15, 0.2) is 5.78 Å². The van der Waals surface area contributed by atoms with Crippen molar-refractivity contribution in [3.8, 4) is 22.8 Å². The quantitative estimate of drug-likeness (QED) is 0.431. The Bertz CT molecular complexity index is 1050. The number of rotatable bonds is 8. The zero-order chi connectivity index (χ0) is 21.5. The normalized spacial score (nSPS) is 10.4. The van der Waals surface area contributed by atoms with Crippen LogP contribution in [0.4, 0.5) is 5.69 Å². The van der Waals surface area contributed by atoms with Crippen molar-refractivity contribution in [2.24, 2.45) is 0 Å². The second kappa shape index (κ2) is 9.89. The first-order valence-electron chi connectivity index (χ1n) is 9.10. The molecule has 2 aromatic carbocycles. The van der Waals surface area contributed by atoms with Crippen molar-refractivity contribution in [1.29, 1.82) is 0 Å². The van der Waals surface area contributed by atoms with Gasteiger partial charge in [-0.05, 0) is 43.3 Å². The van der Waals surface area contributed by atoms with Crippen LogP contribution in [0.2, 0.25) is 0 Å². The molecule has 1 aromatic heterocycles. The SMILES string of the molecule is COc1ccc(-c2ccc(SCC(=O)Nc3cccc(C(C)=O)c3)nn2)c(OC)c1. The molecule has 0 radical (unpaired) electrons. The molecule has 0 bridgehead atoms. The molecule has 0 spiro atoms.